The molecule has 506 valence electrons. The Labute approximate surface area is 535 Å². The molecule has 0 aromatic carbocycles. The van der Waals surface area contributed by atoms with Crippen molar-refractivity contribution in [2.75, 3.05) is 40.9 Å². The highest BCUT2D eigenvalue weighted by Gasteiger charge is 2.27. The quantitative estimate of drug-likeness (QED) is 0.0212. The molecular weight excluding hydrogens is 1080 g/mol. The molecule has 0 aliphatic rings. The van der Waals surface area contributed by atoms with Crippen LogP contribution in [0.15, 0.2) is 48.6 Å². The van der Waals surface area contributed by atoms with Gasteiger partial charge >= 0.3 is 5.97 Å². The predicted octanol–water partition coefficient (Wildman–Crippen LogP) is 23.3. The van der Waals surface area contributed by atoms with E-state index in [0.717, 1.165) is 70.6 Å². The Kier molecular flexibility index (Phi) is 64.4. The highest BCUT2D eigenvalue weighted by molar-refractivity contribution is 7.45. The van der Waals surface area contributed by atoms with Gasteiger partial charge in [0.15, 0.2) is 0 Å². The summed E-state index contributed by atoms with van der Waals surface area (Å²) < 4.78 is 30.5. The monoisotopic (exact) mass is 1230 g/mol. The first-order valence-electron chi connectivity index (χ1n) is 37.4. The Hall–Kier alpha value is -2.03. The number of nitrogens with one attached hydrogen (secondary N) is 1. The molecule has 0 rings (SSSR count). The second-order valence-electron chi connectivity index (χ2n) is 26.8. The Balaban J connectivity index is 4.97. The molecule has 10 heteroatoms. The van der Waals surface area contributed by atoms with E-state index in [1.54, 1.807) is 0 Å². The van der Waals surface area contributed by atoms with Crippen molar-refractivity contribution < 1.29 is 37.3 Å². The molecule has 3 unspecified atom stereocenters. The van der Waals surface area contributed by atoms with Gasteiger partial charge in [-0.25, -0.2) is 0 Å². The van der Waals surface area contributed by atoms with Crippen LogP contribution in [0.25, 0.3) is 0 Å². The molecule has 1 amide bonds. The van der Waals surface area contributed by atoms with E-state index >= 15 is 0 Å². The Bertz CT molecular complexity index is 1610. The maximum atomic E-state index is 13.6. The van der Waals surface area contributed by atoms with Crippen LogP contribution in [0.3, 0.4) is 0 Å². The molecule has 0 saturated heterocycles. The molecule has 86 heavy (non-hydrogen) atoms. The minimum atomic E-state index is -4.70. The lowest BCUT2D eigenvalue weighted by molar-refractivity contribution is -0.870. The standard InChI is InChI=1S/C76H145N2O7P/c1-7-10-13-16-19-22-25-28-30-32-34-36-37-38-39-40-41-43-44-46-48-50-53-56-59-62-65-68-75(79)77-73(72-84-86(81,82)83-71-70-78(4,5)6)74(67-64-61-58-55-52-27-24-21-18-15-12-9-3)85-76(80)69-66-63-60-57-54-51-49-47-45-42-35-33-31-29-26-23-20-17-14-11-8-2/h19,22,28,30,34,36,64,67,73-74H,7-18,20-21,23-27,29,31-33,35,37-63,65-66,68-72H2,1-6H3,(H-,77,79,81,82)/b22-19-,30-28-,36-34-,67-64-. The van der Waals surface area contributed by atoms with Crippen LogP contribution < -0.4 is 10.2 Å². The van der Waals surface area contributed by atoms with E-state index in [9.17, 15) is 19.0 Å². The Morgan fingerprint density at radius 2 is 0.709 bits per heavy atom. The average molecular weight is 1230 g/mol. The highest BCUT2D eigenvalue weighted by atomic mass is 31.2. The van der Waals surface area contributed by atoms with Gasteiger partial charge in [-0.15, -0.1) is 0 Å². The van der Waals surface area contributed by atoms with E-state index < -0.39 is 20.0 Å². The number of phosphoric acid groups is 1. The van der Waals surface area contributed by atoms with Crippen molar-refractivity contribution >= 4 is 19.7 Å². The van der Waals surface area contributed by atoms with E-state index in [4.69, 9.17) is 13.8 Å². The third-order valence-corrected chi connectivity index (χ3v) is 18.0. The summed E-state index contributed by atoms with van der Waals surface area (Å²) in [4.78, 5) is 40.2. The second-order valence-corrected chi connectivity index (χ2v) is 28.2. The van der Waals surface area contributed by atoms with Crippen molar-refractivity contribution in [1.29, 1.82) is 0 Å². The van der Waals surface area contributed by atoms with Gasteiger partial charge in [0.2, 0.25) is 5.91 Å². The summed E-state index contributed by atoms with van der Waals surface area (Å²) in [5.41, 5.74) is 0. The molecule has 0 bridgehead atoms. The molecule has 0 aromatic rings. The van der Waals surface area contributed by atoms with Crippen LogP contribution in [0.1, 0.15) is 374 Å². The highest BCUT2D eigenvalue weighted by Crippen LogP contribution is 2.38. The van der Waals surface area contributed by atoms with Gasteiger partial charge in [0.25, 0.3) is 7.82 Å². The molecule has 1 N–H and O–H groups in total. The summed E-state index contributed by atoms with van der Waals surface area (Å²) >= 11 is 0. The second kappa shape index (κ2) is 65.9. The molecule has 0 fully saturated rings. The van der Waals surface area contributed by atoms with E-state index in [1.165, 1.54) is 270 Å². The van der Waals surface area contributed by atoms with Crippen LogP contribution in [0, 0.1) is 0 Å². The van der Waals surface area contributed by atoms with Crippen LogP contribution in [0.2, 0.25) is 0 Å². The number of likely N-dealkylation sites (N-methyl/N-ethyl adjacent to an activating group) is 1. The van der Waals surface area contributed by atoms with E-state index in [2.05, 4.69) is 62.5 Å². The van der Waals surface area contributed by atoms with Gasteiger partial charge in [0, 0.05) is 12.8 Å². The lowest BCUT2D eigenvalue weighted by Crippen LogP contribution is -2.47. The lowest BCUT2D eigenvalue weighted by Gasteiger charge is -2.30. The normalized spacial score (nSPS) is 13.7. The number of carbonyl (C=O) groups excluding carboxylic acids is 2. The molecule has 0 spiro atoms. The molecule has 0 saturated carbocycles. The van der Waals surface area contributed by atoms with Gasteiger partial charge in [-0.3, -0.25) is 14.2 Å². The number of phosphoric ester groups is 1. The summed E-state index contributed by atoms with van der Waals surface area (Å²) in [6, 6.07) is -0.887. The minimum absolute atomic E-state index is 0.0200. The van der Waals surface area contributed by atoms with Gasteiger partial charge in [-0.1, -0.05) is 339 Å². The van der Waals surface area contributed by atoms with Crippen LogP contribution in [0.4, 0.5) is 0 Å². The number of nitrogens with zero attached hydrogens (tertiary/aromatic N) is 1. The summed E-state index contributed by atoms with van der Waals surface area (Å²) in [5, 5.41) is 3.05. The van der Waals surface area contributed by atoms with Gasteiger partial charge < -0.3 is 28.5 Å². The first-order chi connectivity index (χ1) is 41.9. The SMILES string of the molecule is CCCCC/C=C\C/C=C\C/C=C\CCCCCCCCCCCCCCCCC(=O)NC(COP(=O)([O-])OCC[N+](C)(C)C)C(/C=C\CCCCCCCCCCCC)OC(=O)CCCCCCCCCCCCCCCCCCCCCCC. The molecule has 0 radical (unpaired) electrons. The molecule has 0 heterocycles. The lowest BCUT2D eigenvalue weighted by atomic mass is 10.0. The molecule has 3 atom stereocenters. The van der Waals surface area contributed by atoms with E-state index in [0.29, 0.717) is 17.4 Å². The first-order valence-corrected chi connectivity index (χ1v) is 38.9. The zero-order chi connectivity index (χ0) is 62.8. The maximum Gasteiger partial charge on any atom is 0.306 e. The smallest absolute Gasteiger partial charge is 0.306 e. The summed E-state index contributed by atoms with van der Waals surface area (Å²) in [7, 11) is 1.20. The van der Waals surface area contributed by atoms with E-state index in [1.807, 2.05) is 33.3 Å². The van der Waals surface area contributed by atoms with Crippen molar-refractivity contribution in [3.05, 3.63) is 48.6 Å². The number of esters is 1. The average Bonchev–Trinajstić information content (AvgIpc) is 3.67. The summed E-state index contributed by atoms with van der Waals surface area (Å²) in [6.45, 7) is 6.88. The van der Waals surface area contributed by atoms with Crippen molar-refractivity contribution in [2.24, 2.45) is 0 Å². The fraction of sp³-hybridized carbons (Fsp3) is 0.868. The summed E-state index contributed by atoms with van der Waals surface area (Å²) in [5.74, 6) is -0.521. The molecule has 0 aliphatic carbocycles. The molecular formula is C76H145N2O7P. The van der Waals surface area contributed by atoms with Gasteiger partial charge in [0.1, 0.15) is 19.3 Å². The number of allylic oxidation sites excluding steroid dienone is 7. The number of carbonyl (C=O) groups is 2. The van der Waals surface area contributed by atoms with Crippen molar-refractivity contribution in [3.63, 3.8) is 0 Å². The molecule has 0 aliphatic heterocycles. The number of hydrogen-bond acceptors (Lipinski definition) is 7. The maximum absolute atomic E-state index is 13.6. The molecule has 0 aromatic heterocycles. The fourth-order valence-corrected chi connectivity index (χ4v) is 12.0. The Morgan fingerprint density at radius 3 is 1.08 bits per heavy atom. The van der Waals surface area contributed by atoms with Gasteiger partial charge in [-0.05, 0) is 70.3 Å². The van der Waals surface area contributed by atoms with Crippen molar-refractivity contribution in [3.8, 4) is 0 Å². The van der Waals surface area contributed by atoms with Crippen LogP contribution in [-0.2, 0) is 27.9 Å². The number of rotatable bonds is 69. The number of ether oxygens (including phenoxy) is 1. The zero-order valence-electron chi connectivity index (χ0n) is 58.0. The fourth-order valence-electron chi connectivity index (χ4n) is 11.2. The van der Waals surface area contributed by atoms with Gasteiger partial charge in [0.05, 0.1) is 33.8 Å². The topological polar surface area (TPSA) is 114 Å². The molecule has 9 nitrogen and oxygen atoms in total. The van der Waals surface area contributed by atoms with Crippen molar-refractivity contribution in [1.82, 2.24) is 5.32 Å². The predicted molar refractivity (Wildman–Crippen MR) is 372 cm³/mol. The number of quaternary nitrogens is 1. The largest absolute Gasteiger partial charge is 0.756 e. The number of unbranched alkanes of at least 4 members (excludes halogenated alkanes) is 47. The first kappa shape index (κ1) is 84.0. The van der Waals surface area contributed by atoms with Crippen LogP contribution in [0.5, 0.6) is 0 Å². The van der Waals surface area contributed by atoms with Crippen LogP contribution >= 0.6 is 7.82 Å². The zero-order valence-corrected chi connectivity index (χ0v) is 58.9. The number of amides is 1. The third kappa shape index (κ3) is 66.4. The number of hydrogen-bond donors (Lipinski definition) is 1. The third-order valence-electron chi connectivity index (χ3n) is 17.0. The minimum Gasteiger partial charge on any atom is -0.756 e. The van der Waals surface area contributed by atoms with Crippen LogP contribution in [-0.4, -0.2) is 69.4 Å². The van der Waals surface area contributed by atoms with E-state index in [-0.39, 0.29) is 31.5 Å². The van der Waals surface area contributed by atoms with Gasteiger partial charge in [-0.2, -0.15) is 0 Å². The van der Waals surface area contributed by atoms with Crippen molar-refractivity contribution in [2.45, 2.75) is 386 Å². The summed E-state index contributed by atoms with van der Waals surface area (Å²) in [6.07, 6.45) is 83.8. The Morgan fingerprint density at radius 1 is 0.407 bits per heavy atom.